The van der Waals surface area contributed by atoms with Crippen molar-refractivity contribution in [3.63, 3.8) is 0 Å². The van der Waals surface area contributed by atoms with Crippen LogP contribution in [0.15, 0.2) is 24.3 Å². The third-order valence-corrected chi connectivity index (χ3v) is 2.10. The second-order valence-electron chi connectivity index (χ2n) is 2.92. The lowest BCUT2D eigenvalue weighted by molar-refractivity contribution is 0.310. The SMILES string of the molecule is N#Cc1cccc(OCCCCS)c1. The summed E-state index contributed by atoms with van der Waals surface area (Å²) in [5, 5.41) is 8.66. The van der Waals surface area contributed by atoms with Crippen LogP contribution in [-0.4, -0.2) is 12.4 Å². The second-order valence-corrected chi connectivity index (χ2v) is 3.37. The summed E-state index contributed by atoms with van der Waals surface area (Å²) in [6, 6.07) is 9.28. The molecule has 1 rings (SSSR count). The van der Waals surface area contributed by atoms with Crippen molar-refractivity contribution in [2.24, 2.45) is 0 Å². The molecule has 2 nitrogen and oxygen atoms in total. The molecule has 0 atom stereocenters. The number of unbranched alkanes of at least 4 members (excludes halogenated alkanes) is 1. The van der Waals surface area contributed by atoms with E-state index in [0.29, 0.717) is 12.2 Å². The molecule has 0 aliphatic carbocycles. The van der Waals surface area contributed by atoms with E-state index in [1.54, 1.807) is 12.1 Å². The van der Waals surface area contributed by atoms with Gasteiger partial charge in [0.2, 0.25) is 0 Å². The molecule has 0 aliphatic rings. The second kappa shape index (κ2) is 6.33. The van der Waals surface area contributed by atoms with Crippen LogP contribution in [0.25, 0.3) is 0 Å². The van der Waals surface area contributed by atoms with Crippen molar-refractivity contribution in [3.8, 4) is 11.8 Å². The van der Waals surface area contributed by atoms with Crippen molar-refractivity contribution < 1.29 is 4.74 Å². The van der Waals surface area contributed by atoms with Gasteiger partial charge >= 0.3 is 0 Å². The zero-order chi connectivity index (χ0) is 10.2. The van der Waals surface area contributed by atoms with Gasteiger partial charge in [-0.1, -0.05) is 6.07 Å². The van der Waals surface area contributed by atoms with Crippen molar-refractivity contribution >= 4 is 12.6 Å². The molecule has 0 spiro atoms. The summed E-state index contributed by atoms with van der Waals surface area (Å²) < 4.78 is 5.47. The summed E-state index contributed by atoms with van der Waals surface area (Å²) in [7, 11) is 0. The summed E-state index contributed by atoms with van der Waals surface area (Å²) in [6.45, 7) is 0.690. The fraction of sp³-hybridized carbons (Fsp3) is 0.364. The van der Waals surface area contributed by atoms with Crippen LogP contribution in [0, 0.1) is 11.3 Å². The highest BCUT2D eigenvalue weighted by atomic mass is 32.1. The zero-order valence-corrected chi connectivity index (χ0v) is 8.83. The van der Waals surface area contributed by atoms with E-state index in [2.05, 4.69) is 18.7 Å². The van der Waals surface area contributed by atoms with Gasteiger partial charge in [-0.25, -0.2) is 0 Å². The van der Waals surface area contributed by atoms with Crippen LogP contribution in [0.5, 0.6) is 5.75 Å². The molecule has 0 bridgehead atoms. The van der Waals surface area contributed by atoms with Crippen molar-refractivity contribution in [2.45, 2.75) is 12.8 Å². The summed E-state index contributed by atoms with van der Waals surface area (Å²) in [5.74, 6) is 1.66. The van der Waals surface area contributed by atoms with E-state index in [1.165, 1.54) is 0 Å². The van der Waals surface area contributed by atoms with E-state index < -0.39 is 0 Å². The maximum absolute atomic E-state index is 8.66. The van der Waals surface area contributed by atoms with Crippen LogP contribution in [0.2, 0.25) is 0 Å². The lowest BCUT2D eigenvalue weighted by Crippen LogP contribution is -1.97. The van der Waals surface area contributed by atoms with E-state index >= 15 is 0 Å². The Labute approximate surface area is 89.9 Å². The summed E-state index contributed by atoms with van der Waals surface area (Å²) in [6.07, 6.45) is 2.06. The zero-order valence-electron chi connectivity index (χ0n) is 7.94. The van der Waals surface area contributed by atoms with E-state index in [4.69, 9.17) is 10.00 Å². The number of nitrogens with zero attached hydrogens (tertiary/aromatic N) is 1. The quantitative estimate of drug-likeness (QED) is 0.594. The third-order valence-electron chi connectivity index (χ3n) is 1.78. The van der Waals surface area contributed by atoms with E-state index in [1.807, 2.05) is 12.1 Å². The molecule has 0 fully saturated rings. The molecule has 0 aliphatic heterocycles. The fourth-order valence-corrected chi connectivity index (χ4v) is 1.28. The summed E-state index contributed by atoms with van der Waals surface area (Å²) in [5.41, 5.74) is 0.636. The van der Waals surface area contributed by atoms with Gasteiger partial charge in [0.05, 0.1) is 18.2 Å². The molecule has 0 aromatic heterocycles. The molecule has 74 valence electrons. The summed E-state index contributed by atoms with van der Waals surface area (Å²) in [4.78, 5) is 0. The topological polar surface area (TPSA) is 33.0 Å². The van der Waals surface area contributed by atoms with Gasteiger partial charge in [-0.3, -0.25) is 0 Å². The number of benzene rings is 1. The van der Waals surface area contributed by atoms with Gasteiger partial charge in [0.25, 0.3) is 0 Å². The monoisotopic (exact) mass is 207 g/mol. The first-order chi connectivity index (χ1) is 6.86. The van der Waals surface area contributed by atoms with E-state index in [-0.39, 0.29) is 0 Å². The Morgan fingerprint density at radius 2 is 2.21 bits per heavy atom. The minimum Gasteiger partial charge on any atom is -0.494 e. The average molecular weight is 207 g/mol. The first kappa shape index (κ1) is 10.9. The van der Waals surface area contributed by atoms with Gasteiger partial charge in [-0.15, -0.1) is 0 Å². The van der Waals surface area contributed by atoms with Gasteiger partial charge < -0.3 is 4.74 Å². The Hall–Kier alpha value is -1.14. The normalized spacial score (nSPS) is 9.43. The van der Waals surface area contributed by atoms with Crippen LogP contribution in [-0.2, 0) is 0 Å². The van der Waals surface area contributed by atoms with Crippen LogP contribution < -0.4 is 4.74 Å². The van der Waals surface area contributed by atoms with Gasteiger partial charge in [-0.2, -0.15) is 17.9 Å². The Morgan fingerprint density at radius 1 is 1.36 bits per heavy atom. The first-order valence-corrected chi connectivity index (χ1v) is 5.24. The first-order valence-electron chi connectivity index (χ1n) is 4.60. The number of rotatable bonds is 5. The number of nitriles is 1. The standard InChI is InChI=1S/C11H13NOS/c12-9-10-4-3-5-11(8-10)13-6-1-2-7-14/h3-5,8,14H,1-2,6-7H2. The fourth-order valence-electron chi connectivity index (χ4n) is 1.06. The van der Waals surface area contributed by atoms with Crippen LogP contribution in [0.4, 0.5) is 0 Å². The number of ether oxygens (including phenoxy) is 1. The predicted octanol–water partition coefficient (Wildman–Crippen LogP) is 2.65. The van der Waals surface area contributed by atoms with E-state index in [0.717, 1.165) is 24.3 Å². The number of hydrogen-bond acceptors (Lipinski definition) is 3. The molecule has 0 radical (unpaired) electrons. The smallest absolute Gasteiger partial charge is 0.120 e. The maximum atomic E-state index is 8.66. The highest BCUT2D eigenvalue weighted by Gasteiger charge is 1.95. The highest BCUT2D eigenvalue weighted by Crippen LogP contribution is 2.12. The molecule has 14 heavy (non-hydrogen) atoms. The summed E-state index contributed by atoms with van der Waals surface area (Å²) >= 11 is 4.11. The van der Waals surface area contributed by atoms with Gasteiger partial charge in [0.1, 0.15) is 5.75 Å². The Morgan fingerprint density at radius 3 is 2.93 bits per heavy atom. The lowest BCUT2D eigenvalue weighted by Gasteiger charge is -2.04. The molecule has 0 saturated carbocycles. The van der Waals surface area contributed by atoms with Gasteiger partial charge in [0.15, 0.2) is 0 Å². The largest absolute Gasteiger partial charge is 0.494 e. The number of thiol groups is 1. The van der Waals surface area contributed by atoms with Crippen molar-refractivity contribution in [1.82, 2.24) is 0 Å². The minimum absolute atomic E-state index is 0.636. The number of hydrogen-bond donors (Lipinski definition) is 1. The van der Waals surface area contributed by atoms with Crippen LogP contribution in [0.3, 0.4) is 0 Å². The lowest BCUT2D eigenvalue weighted by atomic mass is 10.2. The van der Waals surface area contributed by atoms with Crippen molar-refractivity contribution in [3.05, 3.63) is 29.8 Å². The van der Waals surface area contributed by atoms with Gasteiger partial charge in [0, 0.05) is 0 Å². The molecule has 3 heteroatoms. The van der Waals surface area contributed by atoms with Crippen molar-refractivity contribution in [1.29, 1.82) is 5.26 Å². The Kier molecular flexibility index (Phi) is 4.95. The van der Waals surface area contributed by atoms with Gasteiger partial charge in [-0.05, 0) is 36.8 Å². The molecule has 1 aromatic carbocycles. The molecule has 0 heterocycles. The predicted molar refractivity (Wildman–Crippen MR) is 59.7 cm³/mol. The average Bonchev–Trinajstić information content (AvgIpc) is 2.25. The minimum atomic E-state index is 0.636. The maximum Gasteiger partial charge on any atom is 0.120 e. The van der Waals surface area contributed by atoms with Crippen LogP contribution >= 0.6 is 12.6 Å². The molecule has 0 unspecified atom stereocenters. The highest BCUT2D eigenvalue weighted by molar-refractivity contribution is 7.80. The molecule has 1 aromatic rings. The molecule has 0 N–H and O–H groups in total. The molecular formula is C11H13NOS. The van der Waals surface area contributed by atoms with E-state index in [9.17, 15) is 0 Å². The third kappa shape index (κ3) is 3.71. The Balaban J connectivity index is 2.39. The van der Waals surface area contributed by atoms with Crippen molar-refractivity contribution in [2.75, 3.05) is 12.4 Å². The Bertz CT molecular complexity index is 319. The van der Waals surface area contributed by atoms with Crippen LogP contribution in [0.1, 0.15) is 18.4 Å². The molecular weight excluding hydrogens is 194 g/mol. The molecule has 0 saturated heterocycles. The molecule has 0 amide bonds.